The van der Waals surface area contributed by atoms with Crippen molar-refractivity contribution in [2.75, 3.05) is 0 Å². The predicted molar refractivity (Wildman–Crippen MR) is 81.5 cm³/mol. The molecule has 2 heterocycles. The van der Waals surface area contributed by atoms with Crippen LogP contribution in [0, 0.1) is 6.92 Å². The first-order valence-corrected chi connectivity index (χ1v) is 7.30. The van der Waals surface area contributed by atoms with Crippen molar-refractivity contribution in [1.82, 2.24) is 0 Å². The fourth-order valence-corrected chi connectivity index (χ4v) is 2.70. The zero-order chi connectivity index (χ0) is 15.0. The van der Waals surface area contributed by atoms with Crippen LogP contribution in [0.1, 0.15) is 15.2 Å². The van der Waals surface area contributed by atoms with E-state index in [0.29, 0.717) is 27.2 Å². The second-order valence-electron chi connectivity index (χ2n) is 4.34. The molecule has 21 heavy (non-hydrogen) atoms. The molecule has 3 aromatic rings. The Morgan fingerprint density at radius 3 is 2.86 bits per heavy atom. The van der Waals surface area contributed by atoms with Crippen molar-refractivity contribution in [2.45, 2.75) is 6.92 Å². The van der Waals surface area contributed by atoms with Crippen molar-refractivity contribution in [3.63, 3.8) is 0 Å². The number of fused-ring (bicyclic) bond motifs is 1. The summed E-state index contributed by atoms with van der Waals surface area (Å²) in [6.07, 6.45) is 1.18. The fraction of sp³-hybridized carbons (Fsp3) is 0.0667. The van der Waals surface area contributed by atoms with Crippen LogP contribution in [0.5, 0.6) is 5.75 Å². The van der Waals surface area contributed by atoms with E-state index in [1.54, 1.807) is 30.5 Å². The van der Waals surface area contributed by atoms with Gasteiger partial charge in [0.15, 0.2) is 0 Å². The number of ether oxygens (including phenoxy) is 1. The third-order valence-electron chi connectivity index (χ3n) is 3.02. The molecular formula is C15H9ClO4S. The summed E-state index contributed by atoms with van der Waals surface area (Å²) >= 11 is 7.04. The van der Waals surface area contributed by atoms with Gasteiger partial charge in [0, 0.05) is 5.56 Å². The maximum absolute atomic E-state index is 12.0. The van der Waals surface area contributed by atoms with Crippen molar-refractivity contribution in [1.29, 1.82) is 0 Å². The van der Waals surface area contributed by atoms with Crippen molar-refractivity contribution < 1.29 is 13.9 Å². The molecule has 4 nitrogen and oxygen atoms in total. The maximum Gasteiger partial charge on any atom is 0.353 e. The number of carbonyl (C=O) groups excluding carboxylic acids is 1. The third kappa shape index (κ3) is 2.46. The normalized spacial score (nSPS) is 10.8. The van der Waals surface area contributed by atoms with E-state index in [1.165, 1.54) is 23.7 Å². The van der Waals surface area contributed by atoms with Gasteiger partial charge < -0.3 is 9.15 Å². The minimum absolute atomic E-state index is 0.0187. The number of thiophene rings is 1. The maximum atomic E-state index is 12.0. The Labute approximate surface area is 128 Å². The molecule has 0 saturated heterocycles. The summed E-state index contributed by atoms with van der Waals surface area (Å²) in [5.74, 6) is -0.0878. The summed E-state index contributed by atoms with van der Waals surface area (Å²) in [4.78, 5) is 24.4. The van der Waals surface area contributed by atoms with E-state index in [1.807, 2.05) is 0 Å². The van der Waals surface area contributed by atoms with Crippen molar-refractivity contribution >= 4 is 39.9 Å². The highest BCUT2D eigenvalue weighted by Crippen LogP contribution is 2.27. The summed E-state index contributed by atoms with van der Waals surface area (Å²) in [6.45, 7) is 1.72. The average Bonchev–Trinajstić information content (AvgIpc) is 3.00. The van der Waals surface area contributed by atoms with Crippen molar-refractivity contribution in [3.8, 4) is 5.75 Å². The van der Waals surface area contributed by atoms with Crippen LogP contribution in [-0.4, -0.2) is 5.97 Å². The monoisotopic (exact) mass is 320 g/mol. The van der Waals surface area contributed by atoms with E-state index in [9.17, 15) is 9.59 Å². The molecule has 0 atom stereocenters. The van der Waals surface area contributed by atoms with E-state index in [0.717, 1.165) is 0 Å². The lowest BCUT2D eigenvalue weighted by molar-refractivity contribution is 0.0739. The van der Waals surface area contributed by atoms with E-state index < -0.39 is 5.97 Å². The van der Waals surface area contributed by atoms with Gasteiger partial charge in [-0.1, -0.05) is 17.7 Å². The van der Waals surface area contributed by atoms with Gasteiger partial charge in [0.1, 0.15) is 27.5 Å². The first-order chi connectivity index (χ1) is 10.1. The smallest absolute Gasteiger partial charge is 0.353 e. The molecule has 0 bridgehead atoms. The molecule has 0 aliphatic carbocycles. The van der Waals surface area contributed by atoms with Gasteiger partial charge in [0.05, 0.1) is 5.39 Å². The summed E-state index contributed by atoms with van der Waals surface area (Å²) in [5, 5.41) is 2.17. The Morgan fingerprint density at radius 1 is 1.33 bits per heavy atom. The van der Waals surface area contributed by atoms with Gasteiger partial charge in [0.25, 0.3) is 0 Å². The molecule has 106 valence electrons. The lowest BCUT2D eigenvalue weighted by atomic mass is 10.1. The molecule has 0 radical (unpaired) electrons. The molecule has 0 fully saturated rings. The number of halogens is 1. The number of hydrogen-bond donors (Lipinski definition) is 0. The molecule has 0 saturated carbocycles. The van der Waals surface area contributed by atoms with Crippen LogP contribution in [0.25, 0.3) is 11.0 Å². The highest BCUT2D eigenvalue weighted by Gasteiger charge is 2.15. The van der Waals surface area contributed by atoms with Gasteiger partial charge in [-0.3, -0.25) is 4.79 Å². The first-order valence-electron chi connectivity index (χ1n) is 6.04. The second kappa shape index (κ2) is 5.35. The topological polar surface area (TPSA) is 56.5 Å². The zero-order valence-corrected chi connectivity index (χ0v) is 12.5. The standard InChI is InChI=1S/C15H9ClO4S/c1-8-11(20-15(18)12-3-2-6-21-12)5-4-9-13(17)10(16)7-19-14(8)9/h2-7H,1H3. The summed E-state index contributed by atoms with van der Waals surface area (Å²) in [5.41, 5.74) is 0.629. The number of esters is 1. The summed E-state index contributed by atoms with van der Waals surface area (Å²) in [7, 11) is 0. The minimum Gasteiger partial charge on any atom is -0.462 e. The largest absolute Gasteiger partial charge is 0.462 e. The van der Waals surface area contributed by atoms with E-state index in [4.69, 9.17) is 20.8 Å². The highest BCUT2D eigenvalue weighted by molar-refractivity contribution is 7.12. The van der Waals surface area contributed by atoms with Gasteiger partial charge in [-0.05, 0) is 30.5 Å². The Bertz CT molecular complexity index is 881. The van der Waals surface area contributed by atoms with Gasteiger partial charge in [-0.25, -0.2) is 4.79 Å². The van der Waals surface area contributed by atoms with Crippen LogP contribution in [0.4, 0.5) is 0 Å². The third-order valence-corrected chi connectivity index (χ3v) is 4.13. The molecular weight excluding hydrogens is 312 g/mol. The lowest BCUT2D eigenvalue weighted by Crippen LogP contribution is -2.08. The number of aryl methyl sites for hydroxylation is 1. The number of benzene rings is 1. The zero-order valence-electron chi connectivity index (χ0n) is 10.9. The van der Waals surface area contributed by atoms with Crippen LogP contribution >= 0.6 is 22.9 Å². The molecule has 0 spiro atoms. The lowest BCUT2D eigenvalue weighted by Gasteiger charge is -2.08. The van der Waals surface area contributed by atoms with Gasteiger partial charge in [0.2, 0.25) is 5.43 Å². The summed E-state index contributed by atoms with van der Waals surface area (Å²) in [6, 6.07) is 6.56. The SMILES string of the molecule is Cc1c(OC(=O)c2cccs2)ccc2c(=O)c(Cl)coc12. The van der Waals surface area contributed by atoms with E-state index in [2.05, 4.69) is 0 Å². The molecule has 1 aromatic carbocycles. The van der Waals surface area contributed by atoms with Crippen LogP contribution in [0.3, 0.4) is 0 Å². The van der Waals surface area contributed by atoms with Crippen LogP contribution < -0.4 is 10.2 Å². The number of rotatable bonds is 2. The van der Waals surface area contributed by atoms with Crippen LogP contribution in [-0.2, 0) is 0 Å². The van der Waals surface area contributed by atoms with E-state index >= 15 is 0 Å². The molecule has 0 N–H and O–H groups in total. The minimum atomic E-state index is -0.441. The Kier molecular flexibility index (Phi) is 3.53. The highest BCUT2D eigenvalue weighted by atomic mass is 35.5. The van der Waals surface area contributed by atoms with Crippen LogP contribution in [0.15, 0.2) is 45.1 Å². The molecule has 0 aliphatic rings. The quantitative estimate of drug-likeness (QED) is 0.528. The van der Waals surface area contributed by atoms with Gasteiger partial charge in [-0.2, -0.15) is 0 Å². The van der Waals surface area contributed by atoms with Gasteiger partial charge in [-0.15, -0.1) is 11.3 Å². The molecule has 3 rings (SSSR count). The number of carbonyl (C=O) groups is 1. The fourth-order valence-electron chi connectivity index (χ4n) is 1.95. The Balaban J connectivity index is 2.05. The molecule has 6 heteroatoms. The van der Waals surface area contributed by atoms with Gasteiger partial charge >= 0.3 is 5.97 Å². The molecule has 0 unspecified atom stereocenters. The Hall–Kier alpha value is -2.11. The molecule has 0 aliphatic heterocycles. The Morgan fingerprint density at radius 2 is 2.14 bits per heavy atom. The predicted octanol–water partition coefficient (Wildman–Crippen LogP) is 4.04. The van der Waals surface area contributed by atoms with Crippen LogP contribution in [0.2, 0.25) is 5.02 Å². The molecule has 2 aromatic heterocycles. The summed E-state index contributed by atoms with van der Waals surface area (Å²) < 4.78 is 10.7. The first kappa shape index (κ1) is 13.9. The average molecular weight is 321 g/mol. The van der Waals surface area contributed by atoms with Crippen molar-refractivity contribution in [2.24, 2.45) is 0 Å². The number of hydrogen-bond acceptors (Lipinski definition) is 5. The second-order valence-corrected chi connectivity index (χ2v) is 5.70. The molecule has 0 amide bonds. The van der Waals surface area contributed by atoms with E-state index in [-0.39, 0.29) is 10.5 Å². The van der Waals surface area contributed by atoms with Crippen molar-refractivity contribution in [3.05, 3.63) is 61.6 Å².